The van der Waals surface area contributed by atoms with Crippen molar-refractivity contribution in [3.8, 4) is 23.0 Å². The molecule has 0 aromatic heterocycles. The third kappa shape index (κ3) is 4.85. The second-order valence-electron chi connectivity index (χ2n) is 7.50. The van der Waals surface area contributed by atoms with Gasteiger partial charge in [0.15, 0.2) is 11.5 Å². The van der Waals surface area contributed by atoms with E-state index in [9.17, 15) is 9.59 Å². The molecule has 8 heteroatoms. The molecule has 0 bridgehead atoms. The fourth-order valence-electron chi connectivity index (χ4n) is 3.59. The highest BCUT2D eigenvalue weighted by Crippen LogP contribution is 2.35. The maximum atomic E-state index is 13.2. The Kier molecular flexibility index (Phi) is 6.35. The third-order valence-corrected chi connectivity index (χ3v) is 5.24. The lowest BCUT2D eigenvalue weighted by Gasteiger charge is -2.31. The van der Waals surface area contributed by atoms with Crippen molar-refractivity contribution in [2.75, 3.05) is 36.3 Å². The molecule has 33 heavy (non-hydrogen) atoms. The molecule has 0 fully saturated rings. The summed E-state index contributed by atoms with van der Waals surface area (Å²) in [5.41, 5.74) is 1.97. The number of carbonyl (C=O) groups excluding carboxylic acids is 2. The Morgan fingerprint density at radius 2 is 1.70 bits per heavy atom. The van der Waals surface area contributed by atoms with Gasteiger partial charge in [-0.2, -0.15) is 0 Å². The highest BCUT2D eigenvalue weighted by Gasteiger charge is 2.29. The largest absolute Gasteiger partial charge is 0.497 e. The van der Waals surface area contributed by atoms with E-state index < -0.39 is 6.04 Å². The van der Waals surface area contributed by atoms with E-state index in [1.807, 2.05) is 18.2 Å². The molecule has 2 amide bonds. The van der Waals surface area contributed by atoms with Gasteiger partial charge in [0.2, 0.25) is 11.8 Å². The van der Waals surface area contributed by atoms with E-state index in [1.165, 1.54) is 4.90 Å². The number of para-hydroxylation sites is 2. The molecule has 1 aliphatic rings. The number of rotatable bonds is 7. The second kappa shape index (κ2) is 9.52. The van der Waals surface area contributed by atoms with Crippen LogP contribution in [0.1, 0.15) is 6.92 Å². The molecule has 3 aromatic carbocycles. The van der Waals surface area contributed by atoms with Gasteiger partial charge >= 0.3 is 0 Å². The van der Waals surface area contributed by atoms with Gasteiger partial charge in [0.05, 0.1) is 25.6 Å². The van der Waals surface area contributed by atoms with Crippen molar-refractivity contribution < 1.29 is 23.8 Å². The molecule has 0 saturated carbocycles. The molecule has 1 unspecified atom stereocenters. The molecule has 4 rings (SSSR count). The molecule has 0 saturated heterocycles. The average Bonchev–Trinajstić information content (AvgIpc) is 2.83. The van der Waals surface area contributed by atoms with Gasteiger partial charge in [0.1, 0.15) is 24.1 Å². The second-order valence-corrected chi connectivity index (χ2v) is 7.50. The Morgan fingerprint density at radius 1 is 0.970 bits per heavy atom. The van der Waals surface area contributed by atoms with E-state index in [-0.39, 0.29) is 18.4 Å². The van der Waals surface area contributed by atoms with E-state index in [2.05, 4.69) is 10.6 Å². The van der Waals surface area contributed by atoms with E-state index in [0.717, 1.165) is 5.75 Å². The number of hydrogen-bond donors (Lipinski definition) is 2. The summed E-state index contributed by atoms with van der Waals surface area (Å²) >= 11 is 0. The van der Waals surface area contributed by atoms with Gasteiger partial charge in [-0.15, -0.1) is 0 Å². The molecular weight excluding hydrogens is 422 g/mol. The summed E-state index contributed by atoms with van der Waals surface area (Å²) in [4.78, 5) is 26.8. The van der Waals surface area contributed by atoms with Gasteiger partial charge in [0.25, 0.3) is 0 Å². The van der Waals surface area contributed by atoms with Gasteiger partial charge in [-0.25, -0.2) is 0 Å². The monoisotopic (exact) mass is 447 g/mol. The number of nitrogens with one attached hydrogen (secondary N) is 2. The fraction of sp³-hybridized carbons (Fsp3) is 0.200. The summed E-state index contributed by atoms with van der Waals surface area (Å²) in [5.74, 6) is 1.95. The quantitative estimate of drug-likeness (QED) is 0.562. The molecule has 8 nitrogen and oxygen atoms in total. The Labute approximate surface area is 192 Å². The van der Waals surface area contributed by atoms with Crippen LogP contribution in [0.2, 0.25) is 0 Å². The topological polar surface area (TPSA) is 89.1 Å². The van der Waals surface area contributed by atoms with Crippen LogP contribution >= 0.6 is 0 Å². The van der Waals surface area contributed by atoms with Gasteiger partial charge < -0.3 is 24.8 Å². The molecule has 2 N–H and O–H groups in total. The van der Waals surface area contributed by atoms with E-state index in [1.54, 1.807) is 69.7 Å². The summed E-state index contributed by atoms with van der Waals surface area (Å²) in [6.07, 6.45) is 0. The zero-order valence-electron chi connectivity index (χ0n) is 18.6. The highest BCUT2D eigenvalue weighted by atomic mass is 16.5. The average molecular weight is 447 g/mol. The van der Waals surface area contributed by atoms with Gasteiger partial charge in [-0.1, -0.05) is 12.1 Å². The number of benzene rings is 3. The fourth-order valence-corrected chi connectivity index (χ4v) is 3.59. The van der Waals surface area contributed by atoms with Crippen LogP contribution in [0.15, 0.2) is 66.7 Å². The summed E-state index contributed by atoms with van der Waals surface area (Å²) in [6, 6.07) is 19.2. The molecule has 1 atom stereocenters. The maximum absolute atomic E-state index is 13.2. The lowest BCUT2D eigenvalue weighted by Crippen LogP contribution is -2.47. The van der Waals surface area contributed by atoms with Crippen molar-refractivity contribution in [1.29, 1.82) is 0 Å². The molecular formula is C25H25N3O5. The van der Waals surface area contributed by atoms with E-state index in [4.69, 9.17) is 14.2 Å². The van der Waals surface area contributed by atoms with E-state index >= 15 is 0 Å². The first-order valence-electron chi connectivity index (χ1n) is 10.4. The number of amides is 2. The van der Waals surface area contributed by atoms with Gasteiger partial charge in [-0.3, -0.25) is 14.5 Å². The number of fused-ring (bicyclic) bond motifs is 1. The summed E-state index contributed by atoms with van der Waals surface area (Å²) in [5, 5.41) is 5.99. The van der Waals surface area contributed by atoms with Crippen molar-refractivity contribution in [3.05, 3.63) is 66.7 Å². The minimum atomic E-state index is -0.591. The Balaban J connectivity index is 1.52. The van der Waals surface area contributed by atoms with Crippen molar-refractivity contribution in [1.82, 2.24) is 0 Å². The summed E-state index contributed by atoms with van der Waals surface area (Å²) < 4.78 is 16.6. The zero-order valence-corrected chi connectivity index (χ0v) is 18.6. The molecule has 1 heterocycles. The van der Waals surface area contributed by atoms with Crippen molar-refractivity contribution >= 4 is 28.9 Å². The van der Waals surface area contributed by atoms with Crippen LogP contribution < -0.4 is 29.7 Å². The molecule has 170 valence electrons. The van der Waals surface area contributed by atoms with Crippen LogP contribution in [0.25, 0.3) is 0 Å². The summed E-state index contributed by atoms with van der Waals surface area (Å²) in [7, 11) is 3.17. The number of carbonyl (C=O) groups is 2. The molecule has 3 aromatic rings. The molecule has 0 radical (unpaired) electrons. The van der Waals surface area contributed by atoms with Crippen molar-refractivity contribution in [2.45, 2.75) is 13.0 Å². The number of ether oxygens (including phenoxy) is 3. The van der Waals surface area contributed by atoms with E-state index in [0.29, 0.717) is 34.3 Å². The molecule has 0 spiro atoms. The molecule has 0 aliphatic carbocycles. The number of methoxy groups -OCH3 is 2. The first kappa shape index (κ1) is 22.0. The minimum absolute atomic E-state index is 0.0314. The first-order chi connectivity index (χ1) is 16.0. The number of nitrogens with zero attached hydrogens (tertiary/aromatic N) is 1. The third-order valence-electron chi connectivity index (χ3n) is 5.24. The lowest BCUT2D eigenvalue weighted by molar-refractivity contribution is -0.122. The Bertz CT molecular complexity index is 1160. The predicted octanol–water partition coefficient (Wildman–Crippen LogP) is 4.28. The predicted molar refractivity (Wildman–Crippen MR) is 127 cm³/mol. The van der Waals surface area contributed by atoms with Gasteiger partial charge in [0, 0.05) is 11.8 Å². The zero-order chi connectivity index (χ0) is 23.4. The standard InChI is InChI=1S/C25H25N3O5/c1-16(25(30)28-15-24(29)27-20-6-4-5-7-21(20)28)26-17-8-13-22(32-3)23(14-17)33-19-11-9-18(31-2)10-12-19/h4-14,16,26H,15H2,1-3H3,(H,27,29). The van der Waals surface area contributed by atoms with Crippen molar-refractivity contribution in [3.63, 3.8) is 0 Å². The number of anilines is 3. The van der Waals surface area contributed by atoms with Crippen LogP contribution in [-0.2, 0) is 9.59 Å². The van der Waals surface area contributed by atoms with Gasteiger partial charge in [-0.05, 0) is 55.5 Å². The SMILES string of the molecule is COc1ccc(Oc2cc(NC(C)C(=O)N3CC(=O)Nc4ccccc43)ccc2OC)cc1. The van der Waals surface area contributed by atoms with Crippen LogP contribution in [0.3, 0.4) is 0 Å². The van der Waals surface area contributed by atoms with Crippen LogP contribution in [0, 0.1) is 0 Å². The smallest absolute Gasteiger partial charge is 0.249 e. The Hall–Kier alpha value is -4.20. The highest BCUT2D eigenvalue weighted by molar-refractivity contribution is 6.11. The van der Waals surface area contributed by atoms with Crippen LogP contribution in [0.5, 0.6) is 23.0 Å². The van der Waals surface area contributed by atoms with Crippen LogP contribution in [-0.4, -0.2) is 38.6 Å². The lowest BCUT2D eigenvalue weighted by atomic mass is 10.1. The normalized spacial score (nSPS) is 13.4. The first-order valence-corrected chi connectivity index (χ1v) is 10.4. The summed E-state index contributed by atoms with van der Waals surface area (Å²) in [6.45, 7) is 1.72. The van der Waals surface area contributed by atoms with Crippen LogP contribution in [0.4, 0.5) is 17.1 Å². The Morgan fingerprint density at radius 3 is 2.42 bits per heavy atom. The maximum Gasteiger partial charge on any atom is 0.249 e. The molecule has 1 aliphatic heterocycles. The van der Waals surface area contributed by atoms with Crippen molar-refractivity contribution in [2.24, 2.45) is 0 Å². The minimum Gasteiger partial charge on any atom is -0.497 e. The number of hydrogen-bond acceptors (Lipinski definition) is 6.